The SMILES string of the molecule is CC(O)c1cccn2nccc12. The lowest BCUT2D eigenvalue weighted by atomic mass is 10.1. The van der Waals surface area contributed by atoms with Gasteiger partial charge in [0.25, 0.3) is 0 Å². The molecule has 2 rings (SSSR count). The zero-order chi connectivity index (χ0) is 8.55. The van der Waals surface area contributed by atoms with Gasteiger partial charge in [0.1, 0.15) is 0 Å². The Kier molecular flexibility index (Phi) is 1.59. The summed E-state index contributed by atoms with van der Waals surface area (Å²) in [5.74, 6) is 0. The molecule has 0 amide bonds. The lowest BCUT2D eigenvalue weighted by Gasteiger charge is -2.05. The second-order valence-electron chi connectivity index (χ2n) is 2.80. The lowest BCUT2D eigenvalue weighted by Crippen LogP contribution is -1.95. The Balaban J connectivity index is 2.73. The molecule has 2 aromatic rings. The first-order chi connectivity index (χ1) is 5.79. The molecule has 0 spiro atoms. The summed E-state index contributed by atoms with van der Waals surface area (Å²) in [6.45, 7) is 1.75. The summed E-state index contributed by atoms with van der Waals surface area (Å²) >= 11 is 0. The van der Waals surface area contributed by atoms with Crippen molar-refractivity contribution in [1.82, 2.24) is 9.61 Å². The molecule has 0 fully saturated rings. The molecular weight excluding hydrogens is 152 g/mol. The first-order valence-electron chi connectivity index (χ1n) is 3.89. The first kappa shape index (κ1) is 7.31. The predicted molar refractivity (Wildman–Crippen MR) is 45.8 cm³/mol. The molecule has 1 atom stereocenters. The van der Waals surface area contributed by atoms with E-state index in [0.29, 0.717) is 0 Å². The van der Waals surface area contributed by atoms with Gasteiger partial charge in [-0.1, -0.05) is 6.07 Å². The van der Waals surface area contributed by atoms with E-state index in [1.54, 1.807) is 17.6 Å². The second kappa shape index (κ2) is 2.60. The summed E-state index contributed by atoms with van der Waals surface area (Å²) < 4.78 is 1.75. The van der Waals surface area contributed by atoms with Crippen LogP contribution in [0.4, 0.5) is 0 Å². The van der Waals surface area contributed by atoms with Gasteiger partial charge in [-0.3, -0.25) is 0 Å². The highest BCUT2D eigenvalue weighted by Crippen LogP contribution is 2.17. The van der Waals surface area contributed by atoms with E-state index >= 15 is 0 Å². The van der Waals surface area contributed by atoms with E-state index in [0.717, 1.165) is 11.1 Å². The van der Waals surface area contributed by atoms with Gasteiger partial charge in [-0.15, -0.1) is 0 Å². The van der Waals surface area contributed by atoms with Crippen LogP contribution >= 0.6 is 0 Å². The number of aromatic nitrogens is 2. The van der Waals surface area contributed by atoms with Crippen LogP contribution < -0.4 is 0 Å². The minimum absolute atomic E-state index is 0.439. The molecule has 0 aliphatic heterocycles. The highest BCUT2D eigenvalue weighted by molar-refractivity contribution is 5.54. The average molecular weight is 162 g/mol. The quantitative estimate of drug-likeness (QED) is 0.688. The van der Waals surface area contributed by atoms with Gasteiger partial charge in [0.2, 0.25) is 0 Å². The average Bonchev–Trinajstić information content (AvgIpc) is 2.49. The molecule has 0 aromatic carbocycles. The molecule has 1 N–H and O–H groups in total. The van der Waals surface area contributed by atoms with Crippen LogP contribution in [0, 0.1) is 0 Å². The highest BCUT2D eigenvalue weighted by Gasteiger charge is 2.05. The van der Waals surface area contributed by atoms with E-state index < -0.39 is 6.10 Å². The molecule has 0 radical (unpaired) electrons. The Labute approximate surface area is 70.3 Å². The van der Waals surface area contributed by atoms with Crippen LogP contribution in [0.15, 0.2) is 30.6 Å². The van der Waals surface area contributed by atoms with Crippen LogP contribution in [0.3, 0.4) is 0 Å². The van der Waals surface area contributed by atoms with Crippen LogP contribution in [0.5, 0.6) is 0 Å². The van der Waals surface area contributed by atoms with Gasteiger partial charge in [0, 0.05) is 18.0 Å². The van der Waals surface area contributed by atoms with Crippen molar-refractivity contribution in [3.05, 3.63) is 36.2 Å². The van der Waals surface area contributed by atoms with Gasteiger partial charge in [-0.25, -0.2) is 4.52 Å². The Hall–Kier alpha value is -1.35. The number of rotatable bonds is 1. The van der Waals surface area contributed by atoms with E-state index in [-0.39, 0.29) is 0 Å². The summed E-state index contributed by atoms with van der Waals surface area (Å²) in [4.78, 5) is 0. The molecule has 0 saturated carbocycles. The molecule has 3 nitrogen and oxygen atoms in total. The van der Waals surface area contributed by atoms with Crippen LogP contribution in [0.1, 0.15) is 18.6 Å². The molecule has 62 valence electrons. The topological polar surface area (TPSA) is 37.5 Å². The predicted octanol–water partition coefficient (Wildman–Crippen LogP) is 1.39. The fourth-order valence-electron chi connectivity index (χ4n) is 1.33. The maximum atomic E-state index is 9.40. The minimum Gasteiger partial charge on any atom is -0.389 e. The van der Waals surface area contributed by atoms with Crippen molar-refractivity contribution in [2.75, 3.05) is 0 Å². The van der Waals surface area contributed by atoms with Crippen molar-refractivity contribution in [3.8, 4) is 0 Å². The number of pyridine rings is 1. The third kappa shape index (κ3) is 0.987. The Morgan fingerprint density at radius 1 is 1.50 bits per heavy atom. The van der Waals surface area contributed by atoms with E-state index in [1.165, 1.54) is 0 Å². The van der Waals surface area contributed by atoms with Crippen molar-refractivity contribution < 1.29 is 5.11 Å². The van der Waals surface area contributed by atoms with Crippen LogP contribution in [0.2, 0.25) is 0 Å². The van der Waals surface area contributed by atoms with Crippen molar-refractivity contribution >= 4 is 5.52 Å². The molecule has 12 heavy (non-hydrogen) atoms. The highest BCUT2D eigenvalue weighted by atomic mass is 16.3. The van der Waals surface area contributed by atoms with Gasteiger partial charge in [-0.2, -0.15) is 5.10 Å². The van der Waals surface area contributed by atoms with Gasteiger partial charge in [0.15, 0.2) is 0 Å². The maximum absolute atomic E-state index is 9.40. The number of aliphatic hydroxyl groups excluding tert-OH is 1. The summed E-state index contributed by atoms with van der Waals surface area (Å²) in [7, 11) is 0. The molecule has 2 heterocycles. The van der Waals surface area contributed by atoms with Gasteiger partial charge >= 0.3 is 0 Å². The molecule has 1 unspecified atom stereocenters. The Bertz CT molecular complexity index is 392. The standard InChI is InChI=1S/C9H10N2O/c1-7(12)8-3-2-6-11-9(8)4-5-10-11/h2-7,12H,1H3. The third-order valence-electron chi connectivity index (χ3n) is 1.92. The number of aliphatic hydroxyl groups is 1. The molecular formula is C9H10N2O. The lowest BCUT2D eigenvalue weighted by molar-refractivity contribution is 0.200. The van der Waals surface area contributed by atoms with Gasteiger partial charge < -0.3 is 5.11 Å². The van der Waals surface area contributed by atoms with Crippen molar-refractivity contribution in [1.29, 1.82) is 0 Å². The number of fused-ring (bicyclic) bond motifs is 1. The smallest absolute Gasteiger partial charge is 0.0782 e. The zero-order valence-corrected chi connectivity index (χ0v) is 6.81. The van der Waals surface area contributed by atoms with Crippen molar-refractivity contribution in [2.45, 2.75) is 13.0 Å². The largest absolute Gasteiger partial charge is 0.389 e. The first-order valence-corrected chi connectivity index (χ1v) is 3.89. The number of hydrogen-bond donors (Lipinski definition) is 1. The van der Waals surface area contributed by atoms with Crippen LogP contribution in [-0.4, -0.2) is 14.7 Å². The monoisotopic (exact) mass is 162 g/mol. The summed E-state index contributed by atoms with van der Waals surface area (Å²) in [5.41, 5.74) is 1.88. The maximum Gasteiger partial charge on any atom is 0.0782 e. The summed E-state index contributed by atoms with van der Waals surface area (Å²) in [6, 6.07) is 5.67. The molecule has 0 saturated heterocycles. The molecule has 3 heteroatoms. The third-order valence-corrected chi connectivity index (χ3v) is 1.92. The van der Waals surface area contributed by atoms with E-state index in [4.69, 9.17) is 0 Å². The van der Waals surface area contributed by atoms with Crippen LogP contribution in [-0.2, 0) is 0 Å². The number of hydrogen-bond acceptors (Lipinski definition) is 2. The van der Waals surface area contributed by atoms with E-state index in [9.17, 15) is 5.11 Å². The van der Waals surface area contributed by atoms with Crippen molar-refractivity contribution in [2.24, 2.45) is 0 Å². The summed E-state index contributed by atoms with van der Waals surface area (Å²) in [6.07, 6.45) is 3.15. The molecule has 2 aromatic heterocycles. The van der Waals surface area contributed by atoms with Gasteiger partial charge in [0.05, 0.1) is 11.6 Å². The minimum atomic E-state index is -0.439. The van der Waals surface area contributed by atoms with E-state index in [1.807, 2.05) is 24.4 Å². The van der Waals surface area contributed by atoms with Crippen LogP contribution in [0.25, 0.3) is 5.52 Å². The molecule has 0 aliphatic carbocycles. The molecule has 0 bridgehead atoms. The normalized spacial score (nSPS) is 13.5. The molecule has 0 aliphatic rings. The zero-order valence-electron chi connectivity index (χ0n) is 6.81. The van der Waals surface area contributed by atoms with Gasteiger partial charge in [-0.05, 0) is 19.1 Å². The fourth-order valence-corrected chi connectivity index (χ4v) is 1.33. The van der Waals surface area contributed by atoms with E-state index in [2.05, 4.69) is 5.10 Å². The fraction of sp³-hybridized carbons (Fsp3) is 0.222. The Morgan fingerprint density at radius 2 is 2.33 bits per heavy atom. The number of nitrogens with zero attached hydrogens (tertiary/aromatic N) is 2. The van der Waals surface area contributed by atoms with Crippen molar-refractivity contribution in [3.63, 3.8) is 0 Å². The summed E-state index contributed by atoms with van der Waals surface area (Å²) in [5, 5.41) is 13.5. The second-order valence-corrected chi connectivity index (χ2v) is 2.80. The Morgan fingerprint density at radius 3 is 3.08 bits per heavy atom.